The molecule has 4 aromatic rings. The number of hydrogen-bond donors (Lipinski definition) is 1. The second kappa shape index (κ2) is 11.2. The van der Waals surface area contributed by atoms with E-state index in [9.17, 15) is 18.5 Å². The zero-order chi connectivity index (χ0) is 30.3. The first-order valence-electron chi connectivity index (χ1n) is 15.3. The van der Waals surface area contributed by atoms with Gasteiger partial charge in [-0.15, -0.1) is 0 Å². The number of hydrogen-bond acceptors (Lipinski definition) is 7. The molecule has 2 saturated carbocycles. The standard InChI is InChI=1S/C33H35N7O3S/c34-23-33(14-15-33)36-32(41)29-5-2-1-4-28(29)31-30(24-6-8-25(9-7-24)38-18-20-44(42,43)21-19-38)22-40(37-31)27-12-10-26(11-13-27)39-17-3-16-35-39/h3,6-13,16-17,22,28-29H,1-2,4-5,14-15,18-21H2,(H,36,41)/t28-,29-/m1/s1. The van der Waals surface area contributed by atoms with Gasteiger partial charge in [-0.05, 0) is 73.7 Å². The van der Waals surface area contributed by atoms with E-state index in [4.69, 9.17) is 5.10 Å². The molecule has 0 bridgehead atoms. The number of nitrogens with zero attached hydrogens (tertiary/aromatic N) is 6. The Bertz CT molecular complexity index is 1790. The Labute approximate surface area is 257 Å². The third-order valence-corrected chi connectivity index (χ3v) is 10.9. The van der Waals surface area contributed by atoms with E-state index in [0.717, 1.165) is 59.6 Å². The third kappa shape index (κ3) is 5.62. The van der Waals surface area contributed by atoms with Crippen molar-refractivity contribution in [1.29, 1.82) is 5.26 Å². The van der Waals surface area contributed by atoms with Crippen LogP contribution in [0.25, 0.3) is 22.5 Å². The molecule has 1 amide bonds. The molecule has 0 unspecified atom stereocenters. The first-order valence-corrected chi connectivity index (χ1v) is 17.1. The van der Waals surface area contributed by atoms with Gasteiger partial charge in [-0.2, -0.15) is 15.5 Å². The van der Waals surface area contributed by atoms with Crippen molar-refractivity contribution in [2.45, 2.75) is 50.0 Å². The van der Waals surface area contributed by atoms with E-state index in [-0.39, 0.29) is 29.2 Å². The van der Waals surface area contributed by atoms with Crippen molar-refractivity contribution in [1.82, 2.24) is 24.9 Å². The van der Waals surface area contributed by atoms with Crippen LogP contribution in [0, 0.1) is 17.2 Å². The molecule has 1 aliphatic heterocycles. The van der Waals surface area contributed by atoms with Gasteiger partial charge in [0.05, 0.1) is 34.6 Å². The summed E-state index contributed by atoms with van der Waals surface area (Å²) < 4.78 is 27.6. The molecule has 7 rings (SSSR count). The molecule has 1 saturated heterocycles. The van der Waals surface area contributed by atoms with Gasteiger partial charge in [-0.3, -0.25) is 4.79 Å². The molecule has 11 heteroatoms. The van der Waals surface area contributed by atoms with Gasteiger partial charge in [0.15, 0.2) is 9.84 Å². The highest BCUT2D eigenvalue weighted by Gasteiger charge is 2.47. The van der Waals surface area contributed by atoms with Gasteiger partial charge in [-0.1, -0.05) is 25.0 Å². The summed E-state index contributed by atoms with van der Waals surface area (Å²) in [5.74, 6) is -0.0435. The van der Waals surface area contributed by atoms with Gasteiger partial charge in [0, 0.05) is 54.8 Å². The molecule has 226 valence electrons. The molecule has 3 aliphatic rings. The van der Waals surface area contributed by atoms with Crippen molar-refractivity contribution in [3.05, 3.63) is 78.9 Å². The summed E-state index contributed by atoms with van der Waals surface area (Å²) in [6.45, 7) is 0.977. The Morgan fingerprint density at radius 2 is 1.59 bits per heavy atom. The Morgan fingerprint density at radius 3 is 2.23 bits per heavy atom. The number of nitrogens with one attached hydrogen (secondary N) is 1. The number of sulfone groups is 1. The molecule has 2 aromatic carbocycles. The zero-order valence-corrected chi connectivity index (χ0v) is 25.3. The predicted molar refractivity (Wildman–Crippen MR) is 167 cm³/mol. The number of aromatic nitrogens is 4. The van der Waals surface area contributed by atoms with E-state index in [2.05, 4.69) is 33.5 Å². The smallest absolute Gasteiger partial charge is 0.225 e. The summed E-state index contributed by atoms with van der Waals surface area (Å²) in [5.41, 5.74) is 4.99. The van der Waals surface area contributed by atoms with Crippen molar-refractivity contribution < 1.29 is 13.2 Å². The fraction of sp³-hybridized carbons (Fsp3) is 0.394. The summed E-state index contributed by atoms with van der Waals surface area (Å²) in [5, 5.41) is 22.1. The maximum absolute atomic E-state index is 13.6. The van der Waals surface area contributed by atoms with E-state index in [1.807, 2.05) is 64.2 Å². The van der Waals surface area contributed by atoms with Gasteiger partial charge in [-0.25, -0.2) is 17.8 Å². The molecule has 1 N–H and O–H groups in total. The lowest BCUT2D eigenvalue weighted by atomic mass is 9.75. The minimum atomic E-state index is -2.96. The van der Waals surface area contributed by atoms with Crippen molar-refractivity contribution in [3.8, 4) is 28.6 Å². The SMILES string of the molecule is N#CC1(NC(=O)[C@@H]2CCCC[C@H]2c2nn(-c3ccc(-n4cccn4)cc3)cc2-c2ccc(N3CCS(=O)(=O)CC3)cc2)CC1. The molecular weight excluding hydrogens is 574 g/mol. The van der Waals surface area contributed by atoms with Gasteiger partial charge >= 0.3 is 0 Å². The number of amides is 1. The number of anilines is 1. The van der Waals surface area contributed by atoms with E-state index in [1.165, 1.54) is 0 Å². The average Bonchev–Trinajstić information content (AvgIpc) is 3.41. The van der Waals surface area contributed by atoms with Crippen molar-refractivity contribution in [2.75, 3.05) is 29.5 Å². The van der Waals surface area contributed by atoms with Gasteiger partial charge < -0.3 is 10.2 Å². The quantitative estimate of drug-likeness (QED) is 0.329. The first-order chi connectivity index (χ1) is 21.3. The van der Waals surface area contributed by atoms with E-state index in [0.29, 0.717) is 25.9 Å². The van der Waals surface area contributed by atoms with Crippen molar-refractivity contribution >= 4 is 21.4 Å². The molecule has 2 aromatic heterocycles. The molecule has 44 heavy (non-hydrogen) atoms. The largest absolute Gasteiger partial charge is 0.369 e. The molecule has 10 nitrogen and oxygen atoms in total. The van der Waals surface area contributed by atoms with Crippen LogP contribution in [0.1, 0.15) is 50.1 Å². The maximum atomic E-state index is 13.6. The van der Waals surface area contributed by atoms with E-state index in [1.54, 1.807) is 6.20 Å². The van der Waals surface area contributed by atoms with Crippen LogP contribution in [0.15, 0.2) is 73.2 Å². The predicted octanol–water partition coefficient (Wildman–Crippen LogP) is 4.41. The lowest BCUT2D eigenvalue weighted by Gasteiger charge is -2.31. The molecule has 0 radical (unpaired) electrons. The summed E-state index contributed by atoms with van der Waals surface area (Å²) in [4.78, 5) is 15.7. The molecule has 2 atom stereocenters. The Balaban J connectivity index is 1.23. The number of benzene rings is 2. The summed E-state index contributed by atoms with van der Waals surface area (Å²) in [6, 6.07) is 20.4. The zero-order valence-electron chi connectivity index (χ0n) is 24.5. The van der Waals surface area contributed by atoms with Gasteiger partial charge in [0.1, 0.15) is 5.54 Å². The topological polar surface area (TPSA) is 126 Å². The second-order valence-electron chi connectivity index (χ2n) is 12.2. The van der Waals surface area contributed by atoms with Crippen LogP contribution in [-0.2, 0) is 14.6 Å². The molecule has 2 aliphatic carbocycles. The van der Waals surface area contributed by atoms with Crippen LogP contribution < -0.4 is 10.2 Å². The number of nitriles is 1. The molecular formula is C33H35N7O3S. The van der Waals surface area contributed by atoms with E-state index >= 15 is 0 Å². The normalized spacial score (nSPS) is 22.2. The molecule has 3 heterocycles. The van der Waals surface area contributed by atoms with Crippen LogP contribution in [0.2, 0.25) is 0 Å². The van der Waals surface area contributed by atoms with Crippen LogP contribution >= 0.6 is 0 Å². The van der Waals surface area contributed by atoms with Crippen molar-refractivity contribution in [3.63, 3.8) is 0 Å². The highest BCUT2D eigenvalue weighted by molar-refractivity contribution is 7.91. The second-order valence-corrected chi connectivity index (χ2v) is 14.5. The lowest BCUT2D eigenvalue weighted by molar-refractivity contribution is -0.127. The van der Waals surface area contributed by atoms with E-state index < -0.39 is 15.4 Å². The van der Waals surface area contributed by atoms with Gasteiger partial charge in [0.25, 0.3) is 0 Å². The monoisotopic (exact) mass is 609 g/mol. The Hall–Kier alpha value is -4.43. The Morgan fingerprint density at radius 1 is 0.932 bits per heavy atom. The highest BCUT2D eigenvalue weighted by Crippen LogP contribution is 2.43. The third-order valence-electron chi connectivity index (χ3n) is 9.29. The molecule has 3 fully saturated rings. The minimum absolute atomic E-state index is 0.0479. The van der Waals surface area contributed by atoms with Crippen LogP contribution in [0.5, 0.6) is 0 Å². The fourth-order valence-corrected chi connectivity index (χ4v) is 7.71. The first kappa shape index (κ1) is 28.3. The number of rotatable bonds is 7. The van der Waals surface area contributed by atoms with Gasteiger partial charge in [0.2, 0.25) is 5.91 Å². The van der Waals surface area contributed by atoms with Crippen LogP contribution in [0.4, 0.5) is 5.69 Å². The maximum Gasteiger partial charge on any atom is 0.225 e. The summed E-state index contributed by atoms with van der Waals surface area (Å²) in [6.07, 6.45) is 10.7. The van der Waals surface area contributed by atoms with Crippen LogP contribution in [-0.4, -0.2) is 64.0 Å². The minimum Gasteiger partial charge on any atom is -0.369 e. The van der Waals surface area contributed by atoms with Crippen molar-refractivity contribution in [2.24, 2.45) is 5.92 Å². The molecule has 0 spiro atoms. The summed E-state index contributed by atoms with van der Waals surface area (Å²) in [7, 11) is -2.96. The summed E-state index contributed by atoms with van der Waals surface area (Å²) >= 11 is 0. The fourth-order valence-electron chi connectivity index (χ4n) is 6.51. The number of carbonyl (C=O) groups excluding carboxylic acids is 1. The Kier molecular flexibility index (Phi) is 7.25. The highest BCUT2D eigenvalue weighted by atomic mass is 32.2. The lowest BCUT2D eigenvalue weighted by Crippen LogP contribution is -2.42. The number of carbonyl (C=O) groups is 1. The van der Waals surface area contributed by atoms with Crippen LogP contribution in [0.3, 0.4) is 0 Å². The average molecular weight is 610 g/mol.